The molecule has 1 aromatic heterocycles. The number of aryl methyl sites for hydroxylation is 1. The van der Waals surface area contributed by atoms with Crippen LogP contribution in [0.1, 0.15) is 24.0 Å². The summed E-state index contributed by atoms with van der Waals surface area (Å²) in [6, 6.07) is 13.1. The second-order valence-electron chi connectivity index (χ2n) is 4.64. The normalized spacial score (nSPS) is 10.7. The smallest absolute Gasteiger partial charge is 0.251 e. The molecule has 0 aliphatic carbocycles. The number of unbranched alkanes of at least 4 members (excludes halogenated alkanes) is 1. The molecule has 106 valence electrons. The molecular formula is C17H15ClN2O. The molecule has 0 aliphatic heterocycles. The van der Waals surface area contributed by atoms with E-state index in [4.69, 9.17) is 16.9 Å². The average molecular weight is 299 g/mol. The first kappa shape index (κ1) is 15.1. The highest BCUT2D eigenvalue weighted by atomic mass is 35.5. The number of hydrogen-bond acceptors (Lipinski definition) is 2. The van der Waals surface area contributed by atoms with Gasteiger partial charge in [-0.1, -0.05) is 35.9 Å². The summed E-state index contributed by atoms with van der Waals surface area (Å²) in [5.41, 5.74) is 1.83. The summed E-state index contributed by atoms with van der Waals surface area (Å²) in [7, 11) is 0. The van der Waals surface area contributed by atoms with E-state index in [0.717, 1.165) is 11.1 Å². The number of pyridine rings is 1. The van der Waals surface area contributed by atoms with Gasteiger partial charge in [0, 0.05) is 30.3 Å². The zero-order valence-electron chi connectivity index (χ0n) is 11.5. The first-order valence-corrected chi connectivity index (χ1v) is 7.08. The minimum Gasteiger partial charge on any atom is -0.315 e. The van der Waals surface area contributed by atoms with E-state index < -0.39 is 0 Å². The van der Waals surface area contributed by atoms with Crippen LogP contribution in [0.4, 0.5) is 0 Å². The molecule has 0 N–H and O–H groups in total. The second kappa shape index (κ2) is 7.47. The van der Waals surface area contributed by atoms with Crippen LogP contribution in [-0.4, -0.2) is 4.57 Å². The Bertz CT molecular complexity index is 724. The molecule has 0 radical (unpaired) electrons. The number of nitriles is 1. The Morgan fingerprint density at radius 3 is 2.52 bits per heavy atom. The second-order valence-corrected chi connectivity index (χ2v) is 5.07. The molecule has 21 heavy (non-hydrogen) atoms. The molecule has 1 heterocycles. The summed E-state index contributed by atoms with van der Waals surface area (Å²) in [6.07, 6.45) is 6.75. The Kier molecular flexibility index (Phi) is 5.36. The molecule has 0 unspecified atom stereocenters. The highest BCUT2D eigenvalue weighted by Gasteiger charge is 1.97. The van der Waals surface area contributed by atoms with Crippen LogP contribution in [-0.2, 0) is 6.54 Å². The molecule has 2 aromatic rings. The molecule has 0 saturated carbocycles. The topological polar surface area (TPSA) is 45.8 Å². The highest BCUT2D eigenvalue weighted by molar-refractivity contribution is 6.30. The Labute approximate surface area is 128 Å². The van der Waals surface area contributed by atoms with Crippen LogP contribution in [0.3, 0.4) is 0 Å². The van der Waals surface area contributed by atoms with Crippen LogP contribution in [0.2, 0.25) is 5.02 Å². The van der Waals surface area contributed by atoms with Gasteiger partial charge in [-0.2, -0.15) is 5.26 Å². The van der Waals surface area contributed by atoms with Crippen LogP contribution in [0.25, 0.3) is 12.2 Å². The maximum Gasteiger partial charge on any atom is 0.251 e. The van der Waals surface area contributed by atoms with Crippen molar-refractivity contribution in [1.82, 2.24) is 4.57 Å². The first-order valence-electron chi connectivity index (χ1n) is 6.70. The Hall–Kier alpha value is -2.31. The summed E-state index contributed by atoms with van der Waals surface area (Å²) in [5, 5.41) is 9.20. The molecule has 0 bridgehead atoms. The standard InChI is InChI=1S/C17H15ClN2O/c18-16-7-5-14(6-8-16)3-4-15-9-12-20(17(21)13-15)11-2-1-10-19/h3-9,12-13H,1-2,11H2/b4-3+. The molecule has 0 amide bonds. The van der Waals surface area contributed by atoms with Gasteiger partial charge in [0.05, 0.1) is 6.07 Å². The number of halogens is 1. The van der Waals surface area contributed by atoms with Crippen LogP contribution >= 0.6 is 11.6 Å². The van der Waals surface area contributed by atoms with Crippen molar-refractivity contribution in [2.45, 2.75) is 19.4 Å². The van der Waals surface area contributed by atoms with Gasteiger partial charge in [0.15, 0.2) is 0 Å². The minimum atomic E-state index is -0.0498. The number of aromatic nitrogens is 1. The minimum absolute atomic E-state index is 0.0498. The molecule has 0 saturated heterocycles. The Morgan fingerprint density at radius 1 is 1.14 bits per heavy atom. The SMILES string of the molecule is N#CCCCn1ccc(/C=C/c2ccc(Cl)cc2)cc1=O. The van der Waals surface area contributed by atoms with Gasteiger partial charge in [0.2, 0.25) is 0 Å². The predicted octanol–water partition coefficient (Wildman–Crippen LogP) is 3.98. The summed E-state index contributed by atoms with van der Waals surface area (Å²) in [6.45, 7) is 0.577. The van der Waals surface area contributed by atoms with E-state index in [1.54, 1.807) is 16.8 Å². The monoisotopic (exact) mass is 298 g/mol. The highest BCUT2D eigenvalue weighted by Crippen LogP contribution is 2.12. The average Bonchev–Trinajstić information content (AvgIpc) is 2.49. The molecule has 2 rings (SSSR count). The van der Waals surface area contributed by atoms with Crippen molar-refractivity contribution >= 4 is 23.8 Å². The fraction of sp³-hybridized carbons (Fsp3) is 0.176. The lowest BCUT2D eigenvalue weighted by Crippen LogP contribution is -2.18. The van der Waals surface area contributed by atoms with Crippen LogP contribution in [0, 0.1) is 11.3 Å². The zero-order chi connectivity index (χ0) is 15.1. The lowest BCUT2D eigenvalue weighted by atomic mass is 10.1. The number of hydrogen-bond donors (Lipinski definition) is 0. The molecular weight excluding hydrogens is 284 g/mol. The third-order valence-electron chi connectivity index (χ3n) is 3.05. The van der Waals surface area contributed by atoms with Gasteiger partial charge < -0.3 is 4.57 Å². The predicted molar refractivity (Wildman–Crippen MR) is 85.9 cm³/mol. The quantitative estimate of drug-likeness (QED) is 0.784. The number of rotatable bonds is 5. The van der Waals surface area contributed by atoms with E-state index in [0.29, 0.717) is 24.4 Å². The van der Waals surface area contributed by atoms with Crippen LogP contribution in [0.15, 0.2) is 47.4 Å². The largest absolute Gasteiger partial charge is 0.315 e. The van der Waals surface area contributed by atoms with Crippen molar-refractivity contribution in [3.05, 3.63) is 69.1 Å². The van der Waals surface area contributed by atoms with Gasteiger partial charge in [-0.3, -0.25) is 4.79 Å². The third-order valence-corrected chi connectivity index (χ3v) is 3.30. The summed E-state index contributed by atoms with van der Waals surface area (Å²) >= 11 is 5.83. The lowest BCUT2D eigenvalue weighted by molar-refractivity contribution is 0.631. The van der Waals surface area contributed by atoms with Gasteiger partial charge in [0.1, 0.15) is 0 Å². The molecule has 1 aromatic carbocycles. The van der Waals surface area contributed by atoms with Crippen molar-refractivity contribution < 1.29 is 0 Å². The third kappa shape index (κ3) is 4.62. The molecule has 0 aliphatic rings. The van der Waals surface area contributed by atoms with Crippen LogP contribution < -0.4 is 5.56 Å². The van der Waals surface area contributed by atoms with Crippen molar-refractivity contribution in [3.8, 4) is 6.07 Å². The molecule has 0 fully saturated rings. The Balaban J connectivity index is 2.08. The van der Waals surface area contributed by atoms with Gasteiger partial charge in [-0.05, 0) is 35.7 Å². The maximum atomic E-state index is 11.9. The van der Waals surface area contributed by atoms with Crippen molar-refractivity contribution in [2.75, 3.05) is 0 Å². The maximum absolute atomic E-state index is 11.9. The summed E-state index contributed by atoms with van der Waals surface area (Å²) in [5.74, 6) is 0. The van der Waals surface area contributed by atoms with Gasteiger partial charge in [-0.15, -0.1) is 0 Å². The van der Waals surface area contributed by atoms with Crippen molar-refractivity contribution in [3.63, 3.8) is 0 Å². The summed E-state index contributed by atoms with van der Waals surface area (Å²) < 4.78 is 1.62. The van der Waals surface area contributed by atoms with Gasteiger partial charge in [-0.25, -0.2) is 0 Å². The van der Waals surface area contributed by atoms with E-state index >= 15 is 0 Å². The van der Waals surface area contributed by atoms with Gasteiger partial charge >= 0.3 is 0 Å². The van der Waals surface area contributed by atoms with E-state index in [2.05, 4.69) is 6.07 Å². The lowest BCUT2D eigenvalue weighted by Gasteiger charge is -2.03. The first-order chi connectivity index (χ1) is 10.2. The van der Waals surface area contributed by atoms with Crippen molar-refractivity contribution in [1.29, 1.82) is 5.26 Å². The zero-order valence-corrected chi connectivity index (χ0v) is 12.3. The molecule has 0 atom stereocenters. The van der Waals surface area contributed by atoms with E-state index in [9.17, 15) is 4.79 Å². The summed E-state index contributed by atoms with van der Waals surface area (Å²) in [4.78, 5) is 11.9. The van der Waals surface area contributed by atoms with Gasteiger partial charge in [0.25, 0.3) is 5.56 Å². The fourth-order valence-corrected chi connectivity index (χ4v) is 2.03. The van der Waals surface area contributed by atoms with E-state index in [-0.39, 0.29) is 5.56 Å². The molecule has 4 heteroatoms. The van der Waals surface area contributed by atoms with E-state index in [1.165, 1.54) is 0 Å². The van der Waals surface area contributed by atoms with Crippen molar-refractivity contribution in [2.24, 2.45) is 0 Å². The molecule has 3 nitrogen and oxygen atoms in total. The fourth-order valence-electron chi connectivity index (χ4n) is 1.91. The number of nitrogens with zero attached hydrogens (tertiary/aromatic N) is 2. The Morgan fingerprint density at radius 2 is 1.86 bits per heavy atom. The molecule has 0 spiro atoms. The van der Waals surface area contributed by atoms with Crippen LogP contribution in [0.5, 0.6) is 0 Å². The van der Waals surface area contributed by atoms with E-state index in [1.807, 2.05) is 42.5 Å². The number of benzene rings is 1.